The molecule has 18 heavy (non-hydrogen) atoms. The third-order valence-electron chi connectivity index (χ3n) is 4.35. The van der Waals surface area contributed by atoms with Crippen LogP contribution in [-0.2, 0) is 14.8 Å². The van der Waals surface area contributed by atoms with Crippen LogP contribution in [0, 0.1) is 5.92 Å². The van der Waals surface area contributed by atoms with Gasteiger partial charge in [0.05, 0.1) is 12.4 Å². The first kappa shape index (κ1) is 12.8. The van der Waals surface area contributed by atoms with Gasteiger partial charge in [0.2, 0.25) is 10.0 Å². The van der Waals surface area contributed by atoms with Crippen LogP contribution in [0.5, 0.6) is 0 Å². The summed E-state index contributed by atoms with van der Waals surface area (Å²) >= 11 is 0. The van der Waals surface area contributed by atoms with Crippen molar-refractivity contribution in [1.82, 2.24) is 9.62 Å². The first-order chi connectivity index (χ1) is 8.63. The molecule has 3 rings (SSSR count). The Labute approximate surface area is 109 Å². The summed E-state index contributed by atoms with van der Waals surface area (Å²) in [6.07, 6.45) is 4.16. The van der Waals surface area contributed by atoms with Crippen molar-refractivity contribution in [3.05, 3.63) is 0 Å². The Hall–Kier alpha value is -0.170. The average Bonchev–Trinajstić information content (AvgIpc) is 2.87. The van der Waals surface area contributed by atoms with Gasteiger partial charge in [-0.15, -0.1) is 0 Å². The number of hydrogen-bond donors (Lipinski definition) is 1. The predicted octanol–water partition coefficient (Wildman–Crippen LogP) is 0.179. The normalized spacial score (nSPS) is 37.9. The van der Waals surface area contributed by atoms with Crippen molar-refractivity contribution in [3.8, 4) is 0 Å². The highest BCUT2D eigenvalue weighted by Crippen LogP contribution is 2.24. The third kappa shape index (κ3) is 2.71. The number of nitrogens with zero attached hydrogens (tertiary/aromatic N) is 1. The van der Waals surface area contributed by atoms with E-state index in [0.717, 1.165) is 19.3 Å². The molecule has 0 aromatic rings. The Kier molecular flexibility index (Phi) is 3.62. The molecule has 2 bridgehead atoms. The van der Waals surface area contributed by atoms with E-state index in [2.05, 4.69) is 5.32 Å². The molecule has 3 heterocycles. The van der Waals surface area contributed by atoms with Crippen molar-refractivity contribution in [2.24, 2.45) is 5.92 Å². The molecule has 0 saturated carbocycles. The lowest BCUT2D eigenvalue weighted by Gasteiger charge is -2.24. The molecule has 104 valence electrons. The number of ether oxygens (including phenoxy) is 1. The molecule has 6 heteroatoms. The minimum absolute atomic E-state index is 0.198. The largest absolute Gasteiger partial charge is 0.381 e. The number of hydrogen-bond acceptors (Lipinski definition) is 4. The first-order valence-electron chi connectivity index (χ1n) is 6.95. The maximum Gasteiger partial charge on any atom is 0.214 e. The molecule has 3 fully saturated rings. The monoisotopic (exact) mass is 274 g/mol. The van der Waals surface area contributed by atoms with E-state index in [1.54, 1.807) is 4.31 Å². The summed E-state index contributed by atoms with van der Waals surface area (Å²) < 4.78 is 31.8. The molecule has 0 amide bonds. The lowest BCUT2D eigenvalue weighted by atomic mass is 10.1. The van der Waals surface area contributed by atoms with Gasteiger partial charge in [0.1, 0.15) is 0 Å². The van der Waals surface area contributed by atoms with Crippen LogP contribution in [0.1, 0.15) is 25.7 Å². The highest BCUT2D eigenvalue weighted by Gasteiger charge is 2.35. The van der Waals surface area contributed by atoms with E-state index in [-0.39, 0.29) is 11.7 Å². The topological polar surface area (TPSA) is 58.6 Å². The molecule has 1 N–H and O–H groups in total. The van der Waals surface area contributed by atoms with E-state index in [4.69, 9.17) is 4.74 Å². The lowest BCUT2D eigenvalue weighted by molar-refractivity contribution is 0.188. The van der Waals surface area contributed by atoms with E-state index >= 15 is 0 Å². The van der Waals surface area contributed by atoms with Gasteiger partial charge in [-0.3, -0.25) is 0 Å². The molecule has 0 aromatic carbocycles. The molecule has 0 radical (unpaired) electrons. The summed E-state index contributed by atoms with van der Waals surface area (Å²) in [5, 5.41) is 3.52. The van der Waals surface area contributed by atoms with Crippen molar-refractivity contribution in [1.29, 1.82) is 0 Å². The summed E-state index contributed by atoms with van der Waals surface area (Å²) in [6, 6.07) is 0.900. The van der Waals surface area contributed by atoms with Crippen LogP contribution in [0.25, 0.3) is 0 Å². The highest BCUT2D eigenvalue weighted by molar-refractivity contribution is 7.89. The minimum Gasteiger partial charge on any atom is -0.381 e. The Balaban J connectivity index is 1.65. The van der Waals surface area contributed by atoms with Crippen molar-refractivity contribution in [2.45, 2.75) is 37.8 Å². The Morgan fingerprint density at radius 3 is 2.78 bits per heavy atom. The molecule has 3 saturated heterocycles. The molecular weight excluding hydrogens is 252 g/mol. The summed E-state index contributed by atoms with van der Waals surface area (Å²) in [6.45, 7) is 2.67. The van der Waals surface area contributed by atoms with Gasteiger partial charge < -0.3 is 10.1 Å². The van der Waals surface area contributed by atoms with E-state index in [1.165, 1.54) is 6.42 Å². The zero-order valence-corrected chi connectivity index (χ0v) is 11.5. The van der Waals surface area contributed by atoms with Gasteiger partial charge in [-0.25, -0.2) is 12.7 Å². The molecule has 3 aliphatic heterocycles. The van der Waals surface area contributed by atoms with Crippen LogP contribution < -0.4 is 5.32 Å². The van der Waals surface area contributed by atoms with Crippen LogP contribution >= 0.6 is 0 Å². The van der Waals surface area contributed by atoms with E-state index in [9.17, 15) is 8.42 Å². The van der Waals surface area contributed by atoms with Crippen LogP contribution in [0.4, 0.5) is 0 Å². The van der Waals surface area contributed by atoms with Gasteiger partial charge >= 0.3 is 0 Å². The van der Waals surface area contributed by atoms with Crippen molar-refractivity contribution in [2.75, 3.05) is 32.1 Å². The average molecular weight is 274 g/mol. The summed E-state index contributed by atoms with van der Waals surface area (Å²) in [7, 11) is -3.10. The maximum atomic E-state index is 12.4. The molecule has 3 unspecified atom stereocenters. The van der Waals surface area contributed by atoms with Crippen LogP contribution in [-0.4, -0.2) is 56.9 Å². The van der Waals surface area contributed by atoms with E-state index < -0.39 is 10.0 Å². The highest BCUT2D eigenvalue weighted by atomic mass is 32.2. The molecule has 3 atom stereocenters. The summed E-state index contributed by atoms with van der Waals surface area (Å²) in [4.78, 5) is 0. The zero-order chi connectivity index (χ0) is 12.6. The second-order valence-corrected chi connectivity index (χ2v) is 7.81. The molecular formula is C12H22N2O3S. The van der Waals surface area contributed by atoms with E-state index in [0.29, 0.717) is 38.4 Å². The van der Waals surface area contributed by atoms with Gasteiger partial charge in [-0.1, -0.05) is 0 Å². The van der Waals surface area contributed by atoms with Crippen molar-refractivity contribution >= 4 is 10.0 Å². The quantitative estimate of drug-likeness (QED) is 0.797. The first-order valence-corrected chi connectivity index (χ1v) is 8.56. The van der Waals surface area contributed by atoms with Crippen LogP contribution in [0.15, 0.2) is 0 Å². The molecule has 5 nitrogen and oxygen atoms in total. The maximum absolute atomic E-state index is 12.4. The summed E-state index contributed by atoms with van der Waals surface area (Å²) in [5.41, 5.74) is 0. The van der Waals surface area contributed by atoms with Gasteiger partial charge in [-0.05, 0) is 31.6 Å². The smallest absolute Gasteiger partial charge is 0.214 e. The minimum atomic E-state index is -3.10. The molecule has 0 spiro atoms. The van der Waals surface area contributed by atoms with Gasteiger partial charge in [0.25, 0.3) is 0 Å². The van der Waals surface area contributed by atoms with Crippen LogP contribution in [0.2, 0.25) is 0 Å². The Bertz CT molecular complexity index is 392. The fraction of sp³-hybridized carbons (Fsp3) is 1.00. The van der Waals surface area contributed by atoms with Crippen molar-refractivity contribution in [3.63, 3.8) is 0 Å². The SMILES string of the molecule is O=S(=O)(CC1CCOC1)N1CCC2CCC(C1)N2. The second kappa shape index (κ2) is 5.07. The molecule has 0 aliphatic carbocycles. The van der Waals surface area contributed by atoms with Gasteiger partial charge in [-0.2, -0.15) is 0 Å². The second-order valence-electron chi connectivity index (χ2n) is 5.79. The predicted molar refractivity (Wildman–Crippen MR) is 68.8 cm³/mol. The number of sulfonamides is 1. The summed E-state index contributed by atoms with van der Waals surface area (Å²) in [5.74, 6) is 0.466. The number of fused-ring (bicyclic) bond motifs is 2. The fourth-order valence-electron chi connectivity index (χ4n) is 3.28. The van der Waals surface area contributed by atoms with Crippen molar-refractivity contribution < 1.29 is 13.2 Å². The third-order valence-corrected chi connectivity index (χ3v) is 6.36. The number of rotatable bonds is 3. The Morgan fingerprint density at radius 2 is 2.00 bits per heavy atom. The standard InChI is InChI=1S/C12H22N2O3S/c15-18(16,9-10-4-6-17-8-10)14-5-3-11-1-2-12(7-14)13-11/h10-13H,1-9H2. The van der Waals surface area contributed by atoms with E-state index in [1.807, 2.05) is 0 Å². The molecule has 0 aromatic heterocycles. The van der Waals surface area contributed by atoms with Gasteiger partial charge in [0, 0.05) is 31.8 Å². The van der Waals surface area contributed by atoms with Crippen LogP contribution in [0.3, 0.4) is 0 Å². The Morgan fingerprint density at radius 1 is 1.17 bits per heavy atom. The lowest BCUT2D eigenvalue weighted by Crippen LogP contribution is -2.41. The number of nitrogens with one attached hydrogen (secondary N) is 1. The molecule has 3 aliphatic rings. The fourth-order valence-corrected chi connectivity index (χ4v) is 5.14. The zero-order valence-electron chi connectivity index (χ0n) is 10.7. The van der Waals surface area contributed by atoms with Gasteiger partial charge in [0.15, 0.2) is 0 Å².